The fraction of sp³-hybridized carbons (Fsp3) is 0.481. The molecular weight excluding hydrogens is 545 g/mol. The zero-order chi connectivity index (χ0) is 29.1. The van der Waals surface area contributed by atoms with Gasteiger partial charge in [0.05, 0.1) is 24.1 Å². The number of aromatic nitrogens is 3. The van der Waals surface area contributed by atoms with E-state index in [1.807, 2.05) is 4.90 Å². The number of nitrogens with zero attached hydrogens (tertiary/aromatic N) is 6. The normalized spacial score (nSPS) is 16.5. The van der Waals surface area contributed by atoms with Crippen LogP contribution in [0.4, 0.5) is 24.8 Å². The number of piperazine rings is 1. The van der Waals surface area contributed by atoms with Gasteiger partial charge < -0.3 is 28.9 Å². The summed E-state index contributed by atoms with van der Waals surface area (Å²) in [5.74, 6) is -2.39. The Balaban J connectivity index is 1.62. The largest absolute Gasteiger partial charge is 0.477 e. The number of carboxylic acids is 1. The number of rotatable bonds is 9. The van der Waals surface area contributed by atoms with Crippen molar-refractivity contribution < 1.29 is 32.5 Å². The Bertz CT molecular complexity index is 1460. The van der Waals surface area contributed by atoms with Crippen molar-refractivity contribution in [3.63, 3.8) is 0 Å². The summed E-state index contributed by atoms with van der Waals surface area (Å²) >= 11 is 0. The SMILES string of the molecule is CCn1c(CCN2CCOCC2)c(C(=O)O)c(=O)c2cc(F)c(N3CCN(c4ncccn4)CC3)c(OC(F)F)c21. The third-order valence-corrected chi connectivity index (χ3v) is 7.48. The number of fused-ring (bicyclic) bond motifs is 1. The number of carboxylic acid groups (broad SMARTS) is 1. The van der Waals surface area contributed by atoms with E-state index in [2.05, 4.69) is 14.9 Å². The summed E-state index contributed by atoms with van der Waals surface area (Å²) in [6.07, 6.45) is 3.38. The number of pyridine rings is 1. The molecule has 4 heterocycles. The van der Waals surface area contributed by atoms with Crippen LogP contribution in [0.15, 0.2) is 29.3 Å². The molecule has 2 aliphatic rings. The second-order valence-corrected chi connectivity index (χ2v) is 9.74. The van der Waals surface area contributed by atoms with Crippen molar-refractivity contribution in [1.29, 1.82) is 0 Å². The quantitative estimate of drug-likeness (QED) is 0.408. The number of benzene rings is 1. The maximum absolute atomic E-state index is 15.8. The highest BCUT2D eigenvalue weighted by Gasteiger charge is 2.31. The minimum Gasteiger partial charge on any atom is -0.477 e. The lowest BCUT2D eigenvalue weighted by Crippen LogP contribution is -2.47. The van der Waals surface area contributed by atoms with E-state index in [0.29, 0.717) is 51.9 Å². The van der Waals surface area contributed by atoms with Crippen LogP contribution < -0.4 is 20.0 Å². The Morgan fingerprint density at radius 2 is 1.76 bits per heavy atom. The number of hydrogen-bond acceptors (Lipinski definition) is 9. The van der Waals surface area contributed by atoms with Crippen LogP contribution in [-0.4, -0.2) is 96.1 Å². The van der Waals surface area contributed by atoms with Gasteiger partial charge in [0, 0.05) is 76.9 Å². The van der Waals surface area contributed by atoms with Crippen LogP contribution in [0.1, 0.15) is 23.0 Å². The highest BCUT2D eigenvalue weighted by atomic mass is 19.3. The fourth-order valence-corrected chi connectivity index (χ4v) is 5.58. The van der Waals surface area contributed by atoms with E-state index in [1.165, 1.54) is 4.57 Å². The van der Waals surface area contributed by atoms with E-state index in [4.69, 9.17) is 9.47 Å². The van der Waals surface area contributed by atoms with Gasteiger partial charge in [-0.1, -0.05) is 0 Å². The highest BCUT2D eigenvalue weighted by Crippen LogP contribution is 2.40. The summed E-state index contributed by atoms with van der Waals surface area (Å²) in [7, 11) is 0. The van der Waals surface area contributed by atoms with E-state index >= 15 is 4.39 Å². The first kappa shape index (κ1) is 28.6. The molecule has 5 rings (SSSR count). The molecule has 0 spiro atoms. The molecule has 2 fully saturated rings. The van der Waals surface area contributed by atoms with Crippen LogP contribution in [0.2, 0.25) is 0 Å². The number of hydrogen-bond donors (Lipinski definition) is 1. The van der Waals surface area contributed by atoms with Crippen LogP contribution in [0.3, 0.4) is 0 Å². The molecule has 0 bridgehead atoms. The van der Waals surface area contributed by atoms with Crippen LogP contribution in [0, 0.1) is 5.82 Å². The summed E-state index contributed by atoms with van der Waals surface area (Å²) in [5.41, 5.74) is -1.52. The predicted molar refractivity (Wildman–Crippen MR) is 145 cm³/mol. The van der Waals surface area contributed by atoms with E-state index in [9.17, 15) is 23.5 Å². The van der Waals surface area contributed by atoms with Gasteiger partial charge >= 0.3 is 12.6 Å². The molecule has 2 aromatic heterocycles. The minimum absolute atomic E-state index is 0.0509. The first-order valence-corrected chi connectivity index (χ1v) is 13.5. The van der Waals surface area contributed by atoms with Crippen molar-refractivity contribution in [2.45, 2.75) is 26.5 Å². The molecule has 0 amide bonds. The molecule has 3 aromatic rings. The van der Waals surface area contributed by atoms with Crippen molar-refractivity contribution in [2.75, 3.05) is 68.8 Å². The Morgan fingerprint density at radius 1 is 1.10 bits per heavy atom. The minimum atomic E-state index is -3.31. The molecule has 41 heavy (non-hydrogen) atoms. The van der Waals surface area contributed by atoms with E-state index < -0.39 is 35.1 Å². The van der Waals surface area contributed by atoms with Crippen molar-refractivity contribution >= 4 is 28.5 Å². The molecule has 11 nitrogen and oxygen atoms in total. The maximum atomic E-state index is 15.8. The smallest absolute Gasteiger partial charge is 0.387 e. The van der Waals surface area contributed by atoms with Crippen molar-refractivity contribution in [3.05, 3.63) is 51.8 Å². The number of anilines is 2. The third-order valence-electron chi connectivity index (χ3n) is 7.48. The van der Waals surface area contributed by atoms with Gasteiger partial charge in [-0.2, -0.15) is 8.78 Å². The first-order valence-electron chi connectivity index (χ1n) is 13.5. The lowest BCUT2D eigenvalue weighted by atomic mass is 10.0. The number of halogens is 3. The topological polar surface area (TPSA) is 113 Å². The number of ether oxygens (including phenoxy) is 2. The number of carbonyl (C=O) groups is 1. The fourth-order valence-electron chi connectivity index (χ4n) is 5.58. The van der Waals surface area contributed by atoms with Crippen LogP contribution in [0.25, 0.3) is 10.9 Å². The first-order chi connectivity index (χ1) is 19.8. The summed E-state index contributed by atoms with van der Waals surface area (Å²) in [5, 5.41) is 9.68. The van der Waals surface area contributed by atoms with Gasteiger partial charge in [-0.15, -0.1) is 0 Å². The average Bonchev–Trinajstić information content (AvgIpc) is 2.97. The van der Waals surface area contributed by atoms with Gasteiger partial charge in [0.2, 0.25) is 11.4 Å². The molecule has 220 valence electrons. The third kappa shape index (κ3) is 5.79. The standard InChI is InChI=1S/C27H31F3N6O5/c1-2-36-19(4-7-33-12-14-40-15-13-33)20(25(38)39)23(37)17-16-18(28)22(24(21(17)36)41-26(29)30)34-8-10-35(11-9-34)27-31-5-3-6-32-27/h3,5-6,16,26H,2,4,7-15H2,1H3,(H,38,39). The van der Waals surface area contributed by atoms with E-state index in [0.717, 1.165) is 6.07 Å². The Hall–Kier alpha value is -3.91. The molecular formula is C27H31F3N6O5. The van der Waals surface area contributed by atoms with Crippen LogP contribution in [-0.2, 0) is 17.7 Å². The monoisotopic (exact) mass is 576 g/mol. The van der Waals surface area contributed by atoms with Crippen LogP contribution in [0.5, 0.6) is 5.75 Å². The predicted octanol–water partition coefficient (Wildman–Crippen LogP) is 2.45. The molecule has 0 atom stereocenters. The van der Waals surface area contributed by atoms with Gasteiger partial charge in [-0.05, 0) is 19.1 Å². The summed E-state index contributed by atoms with van der Waals surface area (Å²) in [6.45, 7) is 2.57. The lowest BCUT2D eigenvalue weighted by Gasteiger charge is -2.37. The molecule has 0 radical (unpaired) electrons. The molecule has 0 aliphatic carbocycles. The van der Waals surface area contributed by atoms with Gasteiger partial charge in [0.25, 0.3) is 0 Å². The molecule has 14 heteroatoms. The van der Waals surface area contributed by atoms with Crippen molar-refractivity contribution in [1.82, 2.24) is 19.4 Å². The highest BCUT2D eigenvalue weighted by molar-refractivity contribution is 5.98. The maximum Gasteiger partial charge on any atom is 0.387 e. The van der Waals surface area contributed by atoms with Crippen LogP contribution >= 0.6 is 0 Å². The Morgan fingerprint density at radius 3 is 2.37 bits per heavy atom. The Kier molecular flexibility index (Phi) is 8.59. The average molecular weight is 577 g/mol. The van der Waals surface area contributed by atoms with Gasteiger partial charge in [-0.25, -0.2) is 19.2 Å². The number of morpholine rings is 1. The summed E-state index contributed by atoms with van der Waals surface area (Å²) in [6, 6.07) is 2.62. The molecule has 1 N–H and O–H groups in total. The number of aryl methyl sites for hydroxylation is 1. The molecule has 0 unspecified atom stereocenters. The molecule has 2 aliphatic heterocycles. The molecule has 2 saturated heterocycles. The van der Waals surface area contributed by atoms with E-state index in [1.54, 1.807) is 30.3 Å². The zero-order valence-electron chi connectivity index (χ0n) is 22.6. The zero-order valence-corrected chi connectivity index (χ0v) is 22.6. The lowest BCUT2D eigenvalue weighted by molar-refractivity contribution is -0.0488. The second-order valence-electron chi connectivity index (χ2n) is 9.74. The summed E-state index contributed by atoms with van der Waals surface area (Å²) < 4.78 is 55.3. The summed E-state index contributed by atoms with van der Waals surface area (Å²) in [4.78, 5) is 39.8. The Labute approximate surface area is 233 Å². The number of alkyl halides is 2. The van der Waals surface area contributed by atoms with Gasteiger partial charge in [0.15, 0.2) is 11.6 Å². The molecule has 0 saturated carbocycles. The second kappa shape index (κ2) is 12.3. The van der Waals surface area contributed by atoms with Gasteiger partial charge in [0.1, 0.15) is 11.3 Å². The molecule has 1 aromatic carbocycles. The van der Waals surface area contributed by atoms with E-state index in [-0.39, 0.29) is 48.3 Å². The van der Waals surface area contributed by atoms with Crippen molar-refractivity contribution in [3.8, 4) is 5.75 Å². The van der Waals surface area contributed by atoms with Gasteiger partial charge in [-0.3, -0.25) is 9.69 Å². The van der Waals surface area contributed by atoms with Crippen molar-refractivity contribution in [2.24, 2.45) is 0 Å². The number of aromatic carboxylic acids is 1.